The maximum absolute atomic E-state index is 13.3. The largest absolute Gasteiger partial charge is 0.354 e. The van der Waals surface area contributed by atoms with E-state index in [1.807, 2.05) is 44.2 Å². The van der Waals surface area contributed by atoms with Crippen molar-refractivity contribution in [2.75, 3.05) is 0 Å². The minimum atomic E-state index is -0.638. The fourth-order valence-electron chi connectivity index (χ4n) is 4.72. The summed E-state index contributed by atoms with van der Waals surface area (Å²) in [4.78, 5) is 42.5. The number of fused-ring (bicyclic) bond motifs is 1. The van der Waals surface area contributed by atoms with E-state index in [-0.39, 0.29) is 29.1 Å². The highest BCUT2D eigenvalue weighted by molar-refractivity contribution is 6.05. The molecule has 1 aromatic heterocycles. The number of aromatic nitrogens is 1. The molecule has 1 aliphatic carbocycles. The van der Waals surface area contributed by atoms with Gasteiger partial charge in [0.15, 0.2) is 5.78 Å². The molecule has 1 aliphatic rings. The Morgan fingerprint density at radius 2 is 1.79 bits per heavy atom. The fourth-order valence-corrected chi connectivity index (χ4v) is 4.72. The number of Topliss-reactive ketones (excluding diaryl/α,β-unsaturated/α-hetero) is 1. The Kier molecular flexibility index (Phi) is 7.77. The second-order valence-electron chi connectivity index (χ2n) is 9.94. The van der Waals surface area contributed by atoms with Crippen LogP contribution in [0.25, 0.3) is 0 Å². The summed E-state index contributed by atoms with van der Waals surface area (Å²) in [6, 6.07) is 8.96. The highest BCUT2D eigenvalue weighted by Gasteiger charge is 2.36. The first-order valence-corrected chi connectivity index (χ1v) is 12.1. The number of unbranched alkanes of at least 4 members (excludes halogenated alkanes) is 1. The molecule has 178 valence electrons. The van der Waals surface area contributed by atoms with E-state index in [0.29, 0.717) is 30.5 Å². The van der Waals surface area contributed by atoms with Gasteiger partial charge in [0.2, 0.25) is 5.91 Å². The molecule has 6 heteroatoms. The number of hydrogen-bond donors (Lipinski definition) is 3. The van der Waals surface area contributed by atoms with Gasteiger partial charge >= 0.3 is 0 Å². The third kappa shape index (κ3) is 5.73. The van der Waals surface area contributed by atoms with E-state index in [2.05, 4.69) is 36.4 Å². The number of rotatable bonds is 9. The summed E-state index contributed by atoms with van der Waals surface area (Å²) < 4.78 is 0. The molecule has 3 N–H and O–H groups in total. The molecular formula is C27H37N3O3. The van der Waals surface area contributed by atoms with E-state index in [4.69, 9.17) is 0 Å². The molecule has 0 bridgehead atoms. The summed E-state index contributed by atoms with van der Waals surface area (Å²) >= 11 is 0. The van der Waals surface area contributed by atoms with Crippen LogP contribution in [0, 0.1) is 5.41 Å². The number of nitrogens with one attached hydrogen (secondary N) is 3. The Bertz CT molecular complexity index is 1010. The molecule has 0 saturated carbocycles. The van der Waals surface area contributed by atoms with E-state index >= 15 is 0 Å². The summed E-state index contributed by atoms with van der Waals surface area (Å²) in [6.45, 7) is 10.1. The normalized spacial score (nSPS) is 16.6. The molecule has 0 spiro atoms. The van der Waals surface area contributed by atoms with Gasteiger partial charge in [0.25, 0.3) is 5.91 Å². The average Bonchev–Trinajstić information content (AvgIpc) is 3.14. The van der Waals surface area contributed by atoms with Gasteiger partial charge in [0.1, 0.15) is 11.7 Å². The first kappa shape index (κ1) is 24.7. The lowest BCUT2D eigenvalue weighted by molar-refractivity contribution is -0.123. The van der Waals surface area contributed by atoms with Crippen LogP contribution < -0.4 is 10.6 Å². The first-order chi connectivity index (χ1) is 15.7. The highest BCUT2D eigenvalue weighted by atomic mass is 16.2. The van der Waals surface area contributed by atoms with Crippen LogP contribution in [0.1, 0.15) is 104 Å². The smallest absolute Gasteiger partial charge is 0.268 e. The second-order valence-corrected chi connectivity index (χ2v) is 9.94. The molecule has 1 unspecified atom stereocenters. The molecule has 2 amide bonds. The van der Waals surface area contributed by atoms with Gasteiger partial charge in [0, 0.05) is 17.7 Å². The molecule has 2 aromatic rings. The van der Waals surface area contributed by atoms with Crippen molar-refractivity contribution in [3.63, 3.8) is 0 Å². The number of H-pyrrole nitrogens is 1. The maximum Gasteiger partial charge on any atom is 0.268 e. The van der Waals surface area contributed by atoms with Crippen molar-refractivity contribution in [2.24, 2.45) is 5.41 Å². The summed E-state index contributed by atoms with van der Waals surface area (Å²) in [5.41, 5.74) is 3.57. The van der Waals surface area contributed by atoms with Crippen LogP contribution in [0.5, 0.6) is 0 Å². The van der Waals surface area contributed by atoms with E-state index in [0.717, 1.165) is 36.1 Å². The summed E-state index contributed by atoms with van der Waals surface area (Å²) in [5.74, 6) is -0.430. The number of aromatic amines is 1. The predicted octanol–water partition coefficient (Wildman–Crippen LogP) is 4.90. The van der Waals surface area contributed by atoms with Crippen molar-refractivity contribution in [3.8, 4) is 0 Å². The minimum absolute atomic E-state index is 0.0883. The van der Waals surface area contributed by atoms with Gasteiger partial charge in [-0.25, -0.2) is 0 Å². The number of benzene rings is 1. The number of hydrogen-bond acceptors (Lipinski definition) is 3. The molecule has 0 fully saturated rings. The van der Waals surface area contributed by atoms with Gasteiger partial charge in [-0.3, -0.25) is 14.4 Å². The number of ketones is 1. The Morgan fingerprint density at radius 3 is 2.42 bits per heavy atom. The Hall–Kier alpha value is -2.89. The van der Waals surface area contributed by atoms with Gasteiger partial charge in [-0.2, -0.15) is 0 Å². The fraction of sp³-hybridized carbons (Fsp3) is 0.519. The molecule has 1 heterocycles. The van der Waals surface area contributed by atoms with Crippen LogP contribution in [0.3, 0.4) is 0 Å². The standard InChI is InChI=1S/C27H37N3O3/c1-6-8-14-20(25(32)28-17(3)18-12-10-9-11-13-18)30-26(33)24-19(7-2)23-21(29-24)15-27(4,5)16-22(23)31/h9-13,17,20,29H,6-8,14-16H2,1-5H3,(H,28,32)(H,30,33)/t17-,20?/m0/s1. The van der Waals surface area contributed by atoms with Crippen LogP contribution in [0.15, 0.2) is 30.3 Å². The van der Waals surface area contributed by atoms with E-state index < -0.39 is 6.04 Å². The lowest BCUT2D eigenvalue weighted by atomic mass is 9.75. The van der Waals surface area contributed by atoms with Crippen molar-refractivity contribution in [1.29, 1.82) is 0 Å². The second kappa shape index (κ2) is 10.4. The first-order valence-electron chi connectivity index (χ1n) is 12.1. The zero-order chi connectivity index (χ0) is 24.2. The van der Waals surface area contributed by atoms with Crippen LogP contribution in [0.2, 0.25) is 0 Å². The van der Waals surface area contributed by atoms with E-state index in [1.165, 1.54) is 0 Å². The molecule has 0 aliphatic heterocycles. The number of carbonyl (C=O) groups excluding carboxylic acids is 3. The van der Waals surface area contributed by atoms with Crippen molar-refractivity contribution in [3.05, 3.63) is 58.4 Å². The van der Waals surface area contributed by atoms with Crippen LogP contribution in [-0.2, 0) is 17.6 Å². The van der Waals surface area contributed by atoms with E-state index in [9.17, 15) is 14.4 Å². The summed E-state index contributed by atoms with van der Waals surface area (Å²) in [7, 11) is 0. The molecule has 0 radical (unpaired) electrons. The van der Waals surface area contributed by atoms with Gasteiger partial charge < -0.3 is 15.6 Å². The van der Waals surface area contributed by atoms with Crippen molar-refractivity contribution < 1.29 is 14.4 Å². The van der Waals surface area contributed by atoms with Crippen molar-refractivity contribution in [2.45, 2.75) is 85.2 Å². The summed E-state index contributed by atoms with van der Waals surface area (Å²) in [6.07, 6.45) is 4.09. The van der Waals surface area contributed by atoms with Gasteiger partial charge in [-0.1, -0.05) is 70.9 Å². The van der Waals surface area contributed by atoms with Crippen molar-refractivity contribution in [1.82, 2.24) is 15.6 Å². The molecule has 0 saturated heterocycles. The lowest BCUT2D eigenvalue weighted by Gasteiger charge is -2.28. The van der Waals surface area contributed by atoms with Gasteiger partial charge in [-0.15, -0.1) is 0 Å². The molecule has 1 aromatic carbocycles. The zero-order valence-corrected chi connectivity index (χ0v) is 20.5. The molecular weight excluding hydrogens is 414 g/mol. The quantitative estimate of drug-likeness (QED) is 0.506. The van der Waals surface area contributed by atoms with Crippen LogP contribution >= 0.6 is 0 Å². The molecule has 2 atom stereocenters. The average molecular weight is 452 g/mol. The Balaban J connectivity index is 1.80. The highest BCUT2D eigenvalue weighted by Crippen LogP contribution is 2.37. The summed E-state index contributed by atoms with van der Waals surface area (Å²) in [5, 5.41) is 5.99. The van der Waals surface area contributed by atoms with Crippen molar-refractivity contribution >= 4 is 17.6 Å². The maximum atomic E-state index is 13.3. The lowest BCUT2D eigenvalue weighted by Crippen LogP contribution is -2.47. The Labute approximate surface area is 196 Å². The topological polar surface area (TPSA) is 91.1 Å². The minimum Gasteiger partial charge on any atom is -0.354 e. The van der Waals surface area contributed by atoms with Gasteiger partial charge in [-0.05, 0) is 42.7 Å². The predicted molar refractivity (Wildman–Crippen MR) is 130 cm³/mol. The number of carbonyl (C=O) groups is 3. The van der Waals surface area contributed by atoms with Crippen LogP contribution in [0.4, 0.5) is 0 Å². The monoisotopic (exact) mass is 451 g/mol. The molecule has 6 nitrogen and oxygen atoms in total. The molecule has 3 rings (SSSR count). The third-order valence-electron chi connectivity index (χ3n) is 6.46. The zero-order valence-electron chi connectivity index (χ0n) is 20.5. The molecule has 33 heavy (non-hydrogen) atoms. The van der Waals surface area contributed by atoms with Crippen LogP contribution in [-0.4, -0.2) is 28.6 Å². The Morgan fingerprint density at radius 1 is 1.09 bits per heavy atom. The number of amides is 2. The van der Waals surface area contributed by atoms with E-state index in [1.54, 1.807) is 0 Å². The SMILES string of the molecule is CCCCC(NC(=O)c1[nH]c2c(c1CC)C(=O)CC(C)(C)C2)C(=O)N[C@@H](C)c1ccccc1. The third-order valence-corrected chi connectivity index (χ3v) is 6.46. The van der Waals surface area contributed by atoms with Gasteiger partial charge in [0.05, 0.1) is 6.04 Å².